The van der Waals surface area contributed by atoms with Gasteiger partial charge in [-0.25, -0.2) is 4.79 Å². The van der Waals surface area contributed by atoms with Gasteiger partial charge < -0.3 is 14.7 Å². The highest BCUT2D eigenvalue weighted by molar-refractivity contribution is 5.29. The maximum Gasteiger partial charge on any atom is 0.330 e. The molecule has 1 fully saturated rings. The number of H-pyrrole nitrogens is 1. The average molecular weight is 408 g/mol. The van der Waals surface area contributed by atoms with Crippen LogP contribution in [0.5, 0.6) is 0 Å². The predicted molar refractivity (Wildman–Crippen MR) is 112 cm³/mol. The minimum atomic E-state index is -0.698. The Hall–Kier alpha value is -3.00. The number of quaternary nitrogens is 1. The number of likely N-dealkylation sites (N-methyl/N-ethyl adjacent to an activating group) is 1. The zero-order valence-electron chi connectivity index (χ0n) is 16.8. The van der Waals surface area contributed by atoms with Gasteiger partial charge in [0.25, 0.3) is 5.56 Å². The Bertz CT molecular complexity index is 1040. The first-order valence-corrected chi connectivity index (χ1v) is 10.1. The molecule has 0 amide bonds. The van der Waals surface area contributed by atoms with Crippen molar-refractivity contribution in [2.24, 2.45) is 0 Å². The Labute approximate surface area is 174 Å². The summed E-state index contributed by atoms with van der Waals surface area (Å²) in [6.07, 6.45) is -0.0202. The lowest BCUT2D eigenvalue weighted by molar-refractivity contribution is -0.909. The first kappa shape index (κ1) is 20.3. The van der Waals surface area contributed by atoms with E-state index in [-0.39, 0.29) is 6.04 Å². The second-order valence-corrected chi connectivity index (χ2v) is 7.75. The molecule has 1 aliphatic heterocycles. The highest BCUT2D eigenvalue weighted by atomic mass is 16.5. The molecular formula is C23H26N3O4+. The standard InChI is InChI=1S/C23H25N3O4/c1-25(22(16-8-4-2-5-9-16)17-10-6-3-7-11-17)15-19-18(27)14-21(30-19)26-13-12-20(28)24-23(26)29/h2-13,18-19,21-22,27H,14-15H2,1H3,(H,24,28,29)/p+1/t18-,19+,21+/m0/s1. The molecule has 4 atom stereocenters. The molecule has 1 saturated heterocycles. The Morgan fingerprint density at radius 3 is 2.23 bits per heavy atom. The fourth-order valence-electron chi connectivity index (χ4n) is 4.21. The van der Waals surface area contributed by atoms with Crippen molar-refractivity contribution in [2.75, 3.05) is 13.6 Å². The molecule has 1 aliphatic rings. The summed E-state index contributed by atoms with van der Waals surface area (Å²) in [5.41, 5.74) is 1.38. The van der Waals surface area contributed by atoms with Crippen LogP contribution in [0.25, 0.3) is 0 Å². The molecular weight excluding hydrogens is 382 g/mol. The van der Waals surface area contributed by atoms with E-state index in [0.717, 1.165) is 0 Å². The predicted octanol–water partition coefficient (Wildman–Crippen LogP) is 0.489. The second-order valence-electron chi connectivity index (χ2n) is 7.75. The second kappa shape index (κ2) is 8.79. The van der Waals surface area contributed by atoms with Crippen LogP contribution in [0.15, 0.2) is 82.5 Å². The number of aliphatic hydroxyl groups excluding tert-OH is 1. The fourth-order valence-corrected chi connectivity index (χ4v) is 4.21. The molecule has 7 heteroatoms. The van der Waals surface area contributed by atoms with Crippen molar-refractivity contribution < 1.29 is 14.7 Å². The van der Waals surface area contributed by atoms with Gasteiger partial charge >= 0.3 is 5.69 Å². The molecule has 156 valence electrons. The monoisotopic (exact) mass is 408 g/mol. The van der Waals surface area contributed by atoms with Gasteiger partial charge in [-0.15, -0.1) is 0 Å². The molecule has 30 heavy (non-hydrogen) atoms. The number of hydrogen-bond acceptors (Lipinski definition) is 4. The van der Waals surface area contributed by atoms with Gasteiger partial charge in [-0.3, -0.25) is 14.3 Å². The van der Waals surface area contributed by atoms with Gasteiger partial charge in [-0.2, -0.15) is 0 Å². The maximum absolute atomic E-state index is 12.1. The molecule has 0 radical (unpaired) electrons. The van der Waals surface area contributed by atoms with Gasteiger partial charge in [0.2, 0.25) is 0 Å². The van der Waals surface area contributed by atoms with Crippen LogP contribution in [0.3, 0.4) is 0 Å². The number of rotatable bonds is 6. The zero-order chi connectivity index (χ0) is 21.1. The quantitative estimate of drug-likeness (QED) is 0.554. The minimum absolute atomic E-state index is 0.0815. The van der Waals surface area contributed by atoms with Crippen LogP contribution in [0.1, 0.15) is 29.8 Å². The summed E-state index contributed by atoms with van der Waals surface area (Å²) in [5.74, 6) is 0. The van der Waals surface area contributed by atoms with E-state index in [1.165, 1.54) is 32.9 Å². The lowest BCUT2D eigenvalue weighted by Gasteiger charge is -2.28. The van der Waals surface area contributed by atoms with Crippen molar-refractivity contribution in [3.63, 3.8) is 0 Å². The Kier molecular flexibility index (Phi) is 5.94. The third-order valence-electron chi connectivity index (χ3n) is 5.65. The average Bonchev–Trinajstić information content (AvgIpc) is 3.09. The van der Waals surface area contributed by atoms with Crippen LogP contribution in [0.4, 0.5) is 0 Å². The number of nitrogens with zero attached hydrogens (tertiary/aromatic N) is 1. The molecule has 4 rings (SSSR count). The van der Waals surface area contributed by atoms with Gasteiger partial charge in [-0.1, -0.05) is 60.7 Å². The van der Waals surface area contributed by atoms with E-state index in [1.54, 1.807) is 0 Å². The van der Waals surface area contributed by atoms with Crippen molar-refractivity contribution in [2.45, 2.75) is 30.9 Å². The number of aromatic nitrogens is 2. The Morgan fingerprint density at radius 2 is 1.67 bits per heavy atom. The smallest absolute Gasteiger partial charge is 0.330 e. The molecule has 0 aliphatic carbocycles. The van der Waals surface area contributed by atoms with Crippen molar-refractivity contribution >= 4 is 0 Å². The third-order valence-corrected chi connectivity index (χ3v) is 5.65. The van der Waals surface area contributed by atoms with Gasteiger partial charge in [-0.05, 0) is 0 Å². The van der Waals surface area contributed by atoms with E-state index < -0.39 is 29.7 Å². The summed E-state index contributed by atoms with van der Waals surface area (Å²) < 4.78 is 7.37. The van der Waals surface area contributed by atoms with E-state index in [1.807, 2.05) is 36.4 Å². The molecule has 0 bridgehead atoms. The summed E-state index contributed by atoms with van der Waals surface area (Å²) >= 11 is 0. The lowest BCUT2D eigenvalue weighted by atomic mass is 9.97. The number of ether oxygens (including phenoxy) is 1. The van der Waals surface area contributed by atoms with Crippen molar-refractivity contribution in [1.29, 1.82) is 0 Å². The van der Waals surface area contributed by atoms with Crippen molar-refractivity contribution in [3.05, 3.63) is 105 Å². The number of aromatic amines is 1. The molecule has 3 N–H and O–H groups in total. The SMILES string of the molecule is C[NH+](C[C@H]1O[C@@H](n2ccc(=O)[nH]c2=O)C[C@@H]1O)C(c1ccccc1)c1ccccc1. The zero-order valence-corrected chi connectivity index (χ0v) is 16.8. The molecule has 7 nitrogen and oxygen atoms in total. The number of aliphatic hydroxyl groups is 1. The highest BCUT2D eigenvalue weighted by Gasteiger charge is 2.39. The van der Waals surface area contributed by atoms with Crippen LogP contribution in [-0.4, -0.2) is 40.5 Å². The summed E-state index contributed by atoms with van der Waals surface area (Å²) in [6, 6.07) is 21.9. The van der Waals surface area contributed by atoms with Crippen molar-refractivity contribution in [1.82, 2.24) is 9.55 Å². The molecule has 2 heterocycles. The fraction of sp³-hybridized carbons (Fsp3) is 0.304. The largest absolute Gasteiger partial charge is 0.390 e. The molecule has 0 spiro atoms. The third kappa shape index (κ3) is 4.28. The molecule has 1 aromatic heterocycles. The molecule has 3 aromatic rings. The van der Waals surface area contributed by atoms with Crippen LogP contribution in [-0.2, 0) is 4.74 Å². The van der Waals surface area contributed by atoms with Crippen LogP contribution in [0.2, 0.25) is 0 Å². The molecule has 0 saturated carbocycles. The Morgan fingerprint density at radius 1 is 1.07 bits per heavy atom. The number of benzene rings is 2. The van der Waals surface area contributed by atoms with E-state index in [9.17, 15) is 14.7 Å². The van der Waals surface area contributed by atoms with E-state index in [0.29, 0.717) is 13.0 Å². The Balaban J connectivity index is 1.54. The lowest BCUT2D eigenvalue weighted by Crippen LogP contribution is -3.10. The maximum atomic E-state index is 12.1. The van der Waals surface area contributed by atoms with E-state index >= 15 is 0 Å². The van der Waals surface area contributed by atoms with Gasteiger partial charge in [0.1, 0.15) is 24.9 Å². The number of nitrogens with one attached hydrogen (secondary N) is 2. The summed E-state index contributed by atoms with van der Waals surface area (Å²) in [4.78, 5) is 26.8. The summed E-state index contributed by atoms with van der Waals surface area (Å²) in [7, 11) is 2.08. The van der Waals surface area contributed by atoms with Gasteiger partial charge in [0, 0.05) is 29.8 Å². The van der Waals surface area contributed by atoms with Gasteiger partial charge in [0.15, 0.2) is 0 Å². The van der Waals surface area contributed by atoms with Gasteiger partial charge in [0.05, 0.1) is 13.2 Å². The van der Waals surface area contributed by atoms with E-state index in [4.69, 9.17) is 4.74 Å². The summed E-state index contributed by atoms with van der Waals surface area (Å²) in [6.45, 7) is 0.560. The highest BCUT2D eigenvalue weighted by Crippen LogP contribution is 2.27. The first-order valence-electron chi connectivity index (χ1n) is 10.1. The molecule has 1 unspecified atom stereocenters. The van der Waals surface area contributed by atoms with Crippen LogP contribution in [0, 0.1) is 0 Å². The minimum Gasteiger partial charge on any atom is -0.390 e. The van der Waals surface area contributed by atoms with Crippen LogP contribution < -0.4 is 16.1 Å². The van der Waals surface area contributed by atoms with Crippen molar-refractivity contribution in [3.8, 4) is 0 Å². The normalized spacial score (nSPS) is 22.3. The van der Waals surface area contributed by atoms with E-state index in [2.05, 4.69) is 36.3 Å². The number of hydrogen-bond donors (Lipinski definition) is 3. The molecule has 2 aromatic carbocycles. The summed E-state index contributed by atoms with van der Waals surface area (Å²) in [5, 5.41) is 10.6. The first-order chi connectivity index (χ1) is 14.5. The van der Waals surface area contributed by atoms with Crippen LogP contribution >= 0.6 is 0 Å². The topological polar surface area (TPSA) is 88.8 Å².